The maximum atomic E-state index is 14.1. The van der Waals surface area contributed by atoms with E-state index in [1.165, 1.54) is 19.2 Å². The van der Waals surface area contributed by atoms with Crippen LogP contribution >= 0.6 is 0 Å². The molecule has 2 heterocycles. The van der Waals surface area contributed by atoms with Gasteiger partial charge in [0.1, 0.15) is 23.3 Å². The first-order chi connectivity index (χ1) is 17.6. The molecule has 0 saturated heterocycles. The summed E-state index contributed by atoms with van der Waals surface area (Å²) in [5.74, 6) is -2.62. The topological polar surface area (TPSA) is 79.9 Å². The molecule has 3 unspecified atom stereocenters. The number of fused-ring (bicyclic) bond motifs is 2. The molecule has 37 heavy (non-hydrogen) atoms. The van der Waals surface area contributed by atoms with Gasteiger partial charge in [-0.3, -0.25) is 4.79 Å². The van der Waals surface area contributed by atoms with Crippen molar-refractivity contribution in [3.05, 3.63) is 88.5 Å². The molecule has 2 N–H and O–H groups in total. The Labute approximate surface area is 215 Å². The van der Waals surface area contributed by atoms with E-state index in [9.17, 15) is 18.4 Å². The third-order valence-corrected chi connectivity index (χ3v) is 6.55. The van der Waals surface area contributed by atoms with E-state index in [2.05, 4.69) is 10.6 Å². The molecule has 196 valence electrons. The number of benzene rings is 2. The number of aryl methyl sites for hydroxylation is 1. The quantitative estimate of drug-likeness (QED) is 0.377. The largest absolute Gasteiger partial charge is 0.466 e. The number of carbonyl (C=O) groups is 2. The molecule has 2 aliphatic rings. The van der Waals surface area contributed by atoms with Gasteiger partial charge in [0.15, 0.2) is 0 Å². The van der Waals surface area contributed by atoms with Crippen molar-refractivity contribution < 1.29 is 27.8 Å². The number of hydrogen-bond acceptors (Lipinski definition) is 6. The zero-order chi connectivity index (χ0) is 26.7. The van der Waals surface area contributed by atoms with E-state index in [-0.39, 0.29) is 16.8 Å². The van der Waals surface area contributed by atoms with Crippen molar-refractivity contribution in [2.45, 2.75) is 31.1 Å². The summed E-state index contributed by atoms with van der Waals surface area (Å²) in [6.45, 7) is 2.96. The third-order valence-electron chi connectivity index (χ3n) is 6.55. The fraction of sp³-hybridized carbons (Fsp3) is 0.357. The molecule has 0 spiro atoms. The van der Waals surface area contributed by atoms with E-state index in [0.29, 0.717) is 19.5 Å². The molecule has 4 rings (SSSR count). The summed E-state index contributed by atoms with van der Waals surface area (Å²) < 4.78 is 39.5. The minimum atomic E-state index is -1.40. The highest BCUT2D eigenvalue weighted by Gasteiger charge is 2.58. The number of anilines is 1. The van der Waals surface area contributed by atoms with Gasteiger partial charge in [0, 0.05) is 24.8 Å². The van der Waals surface area contributed by atoms with Crippen molar-refractivity contribution in [3.63, 3.8) is 0 Å². The number of likely N-dealkylation sites (N-methyl/N-ethyl adjacent to an activating group) is 1. The molecule has 1 amide bonds. The van der Waals surface area contributed by atoms with E-state index >= 15 is 0 Å². The number of nitrogens with one attached hydrogen (secondary N) is 2. The van der Waals surface area contributed by atoms with Crippen LogP contribution in [0.4, 0.5) is 14.5 Å². The number of rotatable bonds is 10. The van der Waals surface area contributed by atoms with Crippen LogP contribution in [0.3, 0.4) is 0 Å². The Hall–Kier alpha value is -3.56. The van der Waals surface area contributed by atoms with E-state index in [0.717, 1.165) is 17.2 Å². The molecule has 2 aromatic carbocycles. The second-order valence-electron chi connectivity index (χ2n) is 9.57. The minimum absolute atomic E-state index is 0.0753. The number of amides is 1. The van der Waals surface area contributed by atoms with Crippen LogP contribution < -0.4 is 10.6 Å². The Kier molecular flexibility index (Phi) is 7.75. The molecule has 2 aliphatic heterocycles. The van der Waals surface area contributed by atoms with Gasteiger partial charge in [-0.1, -0.05) is 35.9 Å². The number of ether oxygens (including phenoxy) is 2. The van der Waals surface area contributed by atoms with Crippen molar-refractivity contribution in [1.82, 2.24) is 10.2 Å². The lowest BCUT2D eigenvalue weighted by Gasteiger charge is -2.36. The first-order valence-electron chi connectivity index (χ1n) is 12.0. The molecular weight excluding hydrogens is 480 g/mol. The average molecular weight is 512 g/mol. The molecular formula is C28H31F2N3O4. The van der Waals surface area contributed by atoms with Gasteiger partial charge in [0.05, 0.1) is 24.3 Å². The summed E-state index contributed by atoms with van der Waals surface area (Å²) in [7, 11) is 5.02. The van der Waals surface area contributed by atoms with Crippen LogP contribution in [0.25, 0.3) is 0 Å². The summed E-state index contributed by atoms with van der Waals surface area (Å²) in [5.41, 5.74) is 1.00. The first kappa shape index (κ1) is 26.5. The van der Waals surface area contributed by atoms with Crippen LogP contribution in [0.5, 0.6) is 0 Å². The SMILES string of the molecule is COC(=O)C1=C(C(=O)NCCN(C)C)C2C=CC1(C(Cc1ccc(C)cc1)Nc1cc(F)cc(F)c1)O2. The average Bonchev–Trinajstić information content (AvgIpc) is 3.42. The molecule has 9 heteroatoms. The standard InChI is InChI=1S/C28H31F2N3O4/c1-17-5-7-18(8-6-17)13-23(32-21-15-19(29)14-20(30)16-21)28-10-9-22(37-28)24(25(28)27(35)36-4)26(34)31-11-12-33(2)3/h5-10,14-16,22-23,32H,11-13H2,1-4H3,(H,31,34). The van der Waals surface area contributed by atoms with Gasteiger partial charge in [-0.05, 0) is 51.2 Å². The fourth-order valence-electron chi connectivity index (χ4n) is 4.75. The number of halogens is 2. The van der Waals surface area contributed by atoms with Crippen LogP contribution in [0.15, 0.2) is 65.8 Å². The third kappa shape index (κ3) is 5.57. The summed E-state index contributed by atoms with van der Waals surface area (Å²) in [6, 6.07) is 10.2. The Bertz CT molecular complexity index is 1220. The van der Waals surface area contributed by atoms with Crippen molar-refractivity contribution >= 4 is 17.6 Å². The van der Waals surface area contributed by atoms with Gasteiger partial charge < -0.3 is 25.0 Å². The van der Waals surface area contributed by atoms with E-state index in [1.54, 1.807) is 12.2 Å². The highest BCUT2D eigenvalue weighted by atomic mass is 19.1. The summed E-state index contributed by atoms with van der Waals surface area (Å²) in [5, 5.41) is 6.02. The maximum Gasteiger partial charge on any atom is 0.337 e. The second kappa shape index (κ2) is 10.8. The van der Waals surface area contributed by atoms with Gasteiger partial charge in [-0.25, -0.2) is 13.6 Å². The molecule has 0 fully saturated rings. The normalized spacial score (nSPS) is 20.9. The molecule has 2 aromatic rings. The maximum absolute atomic E-state index is 14.1. The summed E-state index contributed by atoms with van der Waals surface area (Å²) >= 11 is 0. The first-order valence-corrected chi connectivity index (χ1v) is 12.0. The second-order valence-corrected chi connectivity index (χ2v) is 9.57. The Morgan fingerprint density at radius 1 is 1.14 bits per heavy atom. The van der Waals surface area contributed by atoms with Gasteiger partial charge >= 0.3 is 5.97 Å². The molecule has 0 saturated carbocycles. The predicted octanol–water partition coefficient (Wildman–Crippen LogP) is 3.15. The lowest BCUT2D eigenvalue weighted by atomic mass is 9.78. The van der Waals surface area contributed by atoms with Crippen molar-refractivity contribution in [3.8, 4) is 0 Å². The molecule has 7 nitrogen and oxygen atoms in total. The Morgan fingerprint density at radius 2 is 1.81 bits per heavy atom. The molecule has 0 radical (unpaired) electrons. The molecule has 0 aliphatic carbocycles. The minimum Gasteiger partial charge on any atom is -0.466 e. The van der Waals surface area contributed by atoms with Gasteiger partial charge in [-0.15, -0.1) is 0 Å². The van der Waals surface area contributed by atoms with Gasteiger partial charge in [-0.2, -0.15) is 0 Å². The van der Waals surface area contributed by atoms with E-state index in [4.69, 9.17) is 9.47 Å². The molecule has 0 aromatic heterocycles. The monoisotopic (exact) mass is 511 g/mol. The number of carbonyl (C=O) groups excluding carboxylic acids is 2. The Balaban J connectivity index is 1.77. The predicted molar refractivity (Wildman–Crippen MR) is 136 cm³/mol. The zero-order valence-corrected chi connectivity index (χ0v) is 21.3. The Morgan fingerprint density at radius 3 is 2.43 bits per heavy atom. The van der Waals surface area contributed by atoms with Crippen molar-refractivity contribution in [1.29, 1.82) is 0 Å². The summed E-state index contributed by atoms with van der Waals surface area (Å²) in [6.07, 6.45) is 3.01. The molecule has 2 bridgehead atoms. The number of methoxy groups -OCH3 is 1. The van der Waals surface area contributed by atoms with E-state index < -0.39 is 41.3 Å². The summed E-state index contributed by atoms with van der Waals surface area (Å²) in [4.78, 5) is 28.3. The van der Waals surface area contributed by atoms with Crippen LogP contribution in [0.2, 0.25) is 0 Å². The van der Waals surface area contributed by atoms with Crippen LogP contribution in [0, 0.1) is 18.6 Å². The smallest absolute Gasteiger partial charge is 0.337 e. The number of esters is 1. The van der Waals surface area contributed by atoms with E-state index in [1.807, 2.05) is 50.2 Å². The number of hydrogen-bond donors (Lipinski definition) is 2. The van der Waals surface area contributed by atoms with Crippen LogP contribution in [-0.4, -0.2) is 68.8 Å². The molecule has 3 atom stereocenters. The lowest BCUT2D eigenvalue weighted by Crippen LogP contribution is -2.49. The highest BCUT2D eigenvalue weighted by molar-refractivity contribution is 6.07. The van der Waals surface area contributed by atoms with Crippen LogP contribution in [0.1, 0.15) is 11.1 Å². The van der Waals surface area contributed by atoms with Crippen LogP contribution in [-0.2, 0) is 25.5 Å². The van der Waals surface area contributed by atoms with Gasteiger partial charge in [0.25, 0.3) is 5.91 Å². The van der Waals surface area contributed by atoms with Gasteiger partial charge in [0.2, 0.25) is 0 Å². The lowest BCUT2D eigenvalue weighted by molar-refractivity contribution is -0.138. The highest BCUT2D eigenvalue weighted by Crippen LogP contribution is 2.47. The van der Waals surface area contributed by atoms with Crippen molar-refractivity contribution in [2.75, 3.05) is 39.6 Å². The number of nitrogens with zero attached hydrogens (tertiary/aromatic N) is 1. The zero-order valence-electron chi connectivity index (χ0n) is 21.3. The fourth-order valence-corrected chi connectivity index (χ4v) is 4.75. The van der Waals surface area contributed by atoms with Crippen molar-refractivity contribution in [2.24, 2.45) is 0 Å².